The number of nitrogens with one attached hydrogen (secondary N) is 2. The predicted octanol–water partition coefficient (Wildman–Crippen LogP) is 4.52. The number of hydrogen-bond donors (Lipinski definition) is 3. The molecule has 2 amide bonds. The van der Waals surface area contributed by atoms with E-state index in [0.717, 1.165) is 10.9 Å². The van der Waals surface area contributed by atoms with Gasteiger partial charge in [0.1, 0.15) is 5.75 Å². The van der Waals surface area contributed by atoms with Crippen LogP contribution in [0.2, 0.25) is 5.02 Å². The molecule has 3 aromatic carbocycles. The van der Waals surface area contributed by atoms with Crippen LogP contribution >= 0.6 is 11.6 Å². The van der Waals surface area contributed by atoms with Crippen molar-refractivity contribution < 1.29 is 9.90 Å². The third-order valence-electron chi connectivity index (χ3n) is 3.51. The minimum Gasteiger partial charge on any atom is -0.507 e. The van der Waals surface area contributed by atoms with Gasteiger partial charge in [-0.15, -0.1) is 0 Å². The number of amides is 2. The lowest BCUT2D eigenvalue weighted by atomic mass is 10.1. The van der Waals surface area contributed by atoms with Gasteiger partial charge in [-0.1, -0.05) is 48.0 Å². The fourth-order valence-corrected chi connectivity index (χ4v) is 2.48. The quantitative estimate of drug-likeness (QED) is 0.662. The lowest BCUT2D eigenvalue weighted by Gasteiger charge is -2.11. The van der Waals surface area contributed by atoms with E-state index in [0.29, 0.717) is 22.6 Å². The van der Waals surface area contributed by atoms with Crippen LogP contribution in [0.4, 0.5) is 10.5 Å². The van der Waals surface area contributed by atoms with E-state index in [9.17, 15) is 9.90 Å². The summed E-state index contributed by atoms with van der Waals surface area (Å²) < 4.78 is 0. The van der Waals surface area contributed by atoms with E-state index in [-0.39, 0.29) is 11.8 Å². The van der Waals surface area contributed by atoms with Crippen molar-refractivity contribution in [1.82, 2.24) is 5.32 Å². The number of hydrogen-bond acceptors (Lipinski definition) is 2. The first kappa shape index (κ1) is 15.2. The lowest BCUT2D eigenvalue weighted by Crippen LogP contribution is -2.28. The van der Waals surface area contributed by atoms with Crippen molar-refractivity contribution in [2.75, 3.05) is 5.32 Å². The molecule has 3 N–H and O–H groups in total. The van der Waals surface area contributed by atoms with Gasteiger partial charge < -0.3 is 15.7 Å². The van der Waals surface area contributed by atoms with E-state index in [1.54, 1.807) is 36.4 Å². The molecule has 0 aliphatic heterocycles. The summed E-state index contributed by atoms with van der Waals surface area (Å²) in [5.41, 5.74) is 1.60. The van der Waals surface area contributed by atoms with E-state index in [1.165, 1.54) is 0 Å². The number of urea groups is 1. The molecule has 0 saturated carbocycles. The Bertz CT molecular complexity index is 847. The molecule has 0 aliphatic carbocycles. The number of carbonyl (C=O) groups excluding carboxylic acids is 1. The molecular formula is C18H15ClN2O2. The molecule has 0 aliphatic rings. The van der Waals surface area contributed by atoms with Gasteiger partial charge in [-0.25, -0.2) is 4.79 Å². The fourth-order valence-electron chi connectivity index (χ4n) is 2.35. The van der Waals surface area contributed by atoms with Crippen LogP contribution in [0, 0.1) is 0 Å². The Morgan fingerprint density at radius 3 is 2.43 bits per heavy atom. The number of halogens is 1. The zero-order valence-electron chi connectivity index (χ0n) is 12.2. The molecule has 3 rings (SSSR count). The van der Waals surface area contributed by atoms with E-state index in [2.05, 4.69) is 10.6 Å². The van der Waals surface area contributed by atoms with Crippen LogP contribution in [0.1, 0.15) is 5.56 Å². The molecule has 5 heteroatoms. The van der Waals surface area contributed by atoms with Gasteiger partial charge in [0.15, 0.2) is 0 Å². The van der Waals surface area contributed by atoms with E-state index in [1.807, 2.05) is 24.3 Å². The molecule has 3 aromatic rings. The van der Waals surface area contributed by atoms with E-state index >= 15 is 0 Å². The van der Waals surface area contributed by atoms with Crippen molar-refractivity contribution >= 4 is 34.1 Å². The van der Waals surface area contributed by atoms with Crippen molar-refractivity contribution in [2.45, 2.75) is 6.54 Å². The second-order valence-electron chi connectivity index (χ2n) is 5.11. The van der Waals surface area contributed by atoms with Crippen molar-refractivity contribution in [2.24, 2.45) is 0 Å². The van der Waals surface area contributed by atoms with Gasteiger partial charge >= 0.3 is 6.03 Å². The molecule has 0 atom stereocenters. The Labute approximate surface area is 138 Å². The van der Waals surface area contributed by atoms with Crippen LogP contribution in [0.25, 0.3) is 10.8 Å². The van der Waals surface area contributed by atoms with Gasteiger partial charge in [-0.2, -0.15) is 0 Å². The molecule has 0 bridgehead atoms. The average Bonchev–Trinajstić information content (AvgIpc) is 2.55. The Morgan fingerprint density at radius 1 is 0.957 bits per heavy atom. The lowest BCUT2D eigenvalue weighted by molar-refractivity contribution is 0.252. The minimum absolute atomic E-state index is 0.188. The van der Waals surface area contributed by atoms with Gasteiger partial charge in [0.2, 0.25) is 0 Å². The smallest absolute Gasteiger partial charge is 0.319 e. The molecule has 23 heavy (non-hydrogen) atoms. The van der Waals surface area contributed by atoms with Crippen molar-refractivity contribution in [3.63, 3.8) is 0 Å². The molecule has 0 unspecified atom stereocenters. The molecule has 0 aromatic heterocycles. The number of aromatic hydroxyl groups is 1. The standard InChI is InChI=1S/C18H15ClN2O2/c19-13-9-7-12(8-10-13)11-20-18(23)21-16-5-1-4-15-14(16)3-2-6-17(15)22/h1-10,22H,11H2,(H2,20,21,23). The molecule has 116 valence electrons. The van der Waals surface area contributed by atoms with Crippen LogP contribution in [-0.4, -0.2) is 11.1 Å². The molecule has 0 saturated heterocycles. The first-order valence-corrected chi connectivity index (χ1v) is 7.51. The first-order chi connectivity index (χ1) is 11.1. The highest BCUT2D eigenvalue weighted by molar-refractivity contribution is 6.30. The molecule has 0 fully saturated rings. The Kier molecular flexibility index (Phi) is 4.35. The maximum atomic E-state index is 12.1. The first-order valence-electron chi connectivity index (χ1n) is 7.13. The van der Waals surface area contributed by atoms with E-state index < -0.39 is 0 Å². The summed E-state index contributed by atoms with van der Waals surface area (Å²) in [6.45, 7) is 0.402. The largest absolute Gasteiger partial charge is 0.507 e. The van der Waals surface area contributed by atoms with Crippen LogP contribution in [0.15, 0.2) is 60.7 Å². The number of rotatable bonds is 3. The summed E-state index contributed by atoms with van der Waals surface area (Å²) >= 11 is 5.83. The number of anilines is 1. The number of phenols is 1. The SMILES string of the molecule is O=C(NCc1ccc(Cl)cc1)Nc1cccc2c(O)cccc12. The van der Waals surface area contributed by atoms with Crippen LogP contribution < -0.4 is 10.6 Å². The second kappa shape index (κ2) is 6.58. The average molecular weight is 327 g/mol. The van der Waals surface area contributed by atoms with Crippen LogP contribution in [-0.2, 0) is 6.54 Å². The highest BCUT2D eigenvalue weighted by Gasteiger charge is 2.07. The molecule has 0 heterocycles. The number of fused-ring (bicyclic) bond motifs is 1. The monoisotopic (exact) mass is 326 g/mol. The Hall–Kier alpha value is -2.72. The Morgan fingerprint density at radius 2 is 1.65 bits per heavy atom. The van der Waals surface area contributed by atoms with Gasteiger partial charge in [0.05, 0.1) is 5.69 Å². The van der Waals surface area contributed by atoms with Crippen LogP contribution in [0.3, 0.4) is 0 Å². The third-order valence-corrected chi connectivity index (χ3v) is 3.77. The summed E-state index contributed by atoms with van der Waals surface area (Å²) in [7, 11) is 0. The summed E-state index contributed by atoms with van der Waals surface area (Å²) in [5, 5.41) is 17.6. The zero-order valence-corrected chi connectivity index (χ0v) is 13.0. The fraction of sp³-hybridized carbons (Fsp3) is 0.0556. The van der Waals surface area contributed by atoms with Crippen molar-refractivity contribution in [3.05, 3.63) is 71.2 Å². The molecular weight excluding hydrogens is 312 g/mol. The summed E-state index contributed by atoms with van der Waals surface area (Å²) in [5.74, 6) is 0.188. The molecule has 4 nitrogen and oxygen atoms in total. The maximum absolute atomic E-state index is 12.1. The molecule has 0 spiro atoms. The van der Waals surface area contributed by atoms with Gasteiger partial charge in [0, 0.05) is 22.3 Å². The van der Waals surface area contributed by atoms with Gasteiger partial charge in [-0.3, -0.25) is 0 Å². The second-order valence-corrected chi connectivity index (χ2v) is 5.55. The number of phenolic OH excluding ortho intramolecular Hbond substituents is 1. The van der Waals surface area contributed by atoms with Crippen molar-refractivity contribution in [1.29, 1.82) is 0 Å². The highest BCUT2D eigenvalue weighted by atomic mass is 35.5. The number of benzene rings is 3. The summed E-state index contributed by atoms with van der Waals surface area (Å²) in [4.78, 5) is 12.1. The van der Waals surface area contributed by atoms with Gasteiger partial charge in [0.25, 0.3) is 0 Å². The summed E-state index contributed by atoms with van der Waals surface area (Å²) in [6.07, 6.45) is 0. The summed E-state index contributed by atoms with van der Waals surface area (Å²) in [6, 6.07) is 17.6. The minimum atomic E-state index is -0.309. The predicted molar refractivity (Wildman–Crippen MR) is 92.9 cm³/mol. The highest BCUT2D eigenvalue weighted by Crippen LogP contribution is 2.29. The third kappa shape index (κ3) is 3.55. The topological polar surface area (TPSA) is 61.4 Å². The molecule has 0 radical (unpaired) electrons. The number of carbonyl (C=O) groups is 1. The normalized spacial score (nSPS) is 10.5. The van der Waals surface area contributed by atoms with Crippen LogP contribution in [0.5, 0.6) is 5.75 Å². The zero-order chi connectivity index (χ0) is 16.2. The maximum Gasteiger partial charge on any atom is 0.319 e. The Balaban J connectivity index is 1.71. The van der Waals surface area contributed by atoms with E-state index in [4.69, 9.17) is 11.6 Å². The van der Waals surface area contributed by atoms with Gasteiger partial charge in [-0.05, 0) is 29.8 Å². The van der Waals surface area contributed by atoms with Crippen molar-refractivity contribution in [3.8, 4) is 5.75 Å².